The predicted molar refractivity (Wildman–Crippen MR) is 77.8 cm³/mol. The van der Waals surface area contributed by atoms with Crippen LogP contribution in [0.15, 0.2) is 12.2 Å². The summed E-state index contributed by atoms with van der Waals surface area (Å²) in [6, 6.07) is -0.680. The summed E-state index contributed by atoms with van der Waals surface area (Å²) >= 11 is 0. The van der Waals surface area contributed by atoms with Gasteiger partial charge in [-0.25, -0.2) is 4.79 Å². The molecule has 0 aromatic carbocycles. The number of carboxylic acids is 1. The molecule has 21 heavy (non-hydrogen) atoms. The molecule has 3 amide bonds. The van der Waals surface area contributed by atoms with E-state index < -0.39 is 11.9 Å². The van der Waals surface area contributed by atoms with Gasteiger partial charge in [0, 0.05) is 20.1 Å². The third kappa shape index (κ3) is 4.77. The Morgan fingerprint density at radius 1 is 1.24 bits per heavy atom. The maximum absolute atomic E-state index is 12.0. The molecule has 1 aliphatic carbocycles. The summed E-state index contributed by atoms with van der Waals surface area (Å²) in [6.07, 6.45) is 3.60. The summed E-state index contributed by atoms with van der Waals surface area (Å²) in [5.74, 6) is -1.56. The van der Waals surface area contributed by atoms with Crippen molar-refractivity contribution in [3.63, 3.8) is 0 Å². The van der Waals surface area contributed by atoms with E-state index >= 15 is 0 Å². The van der Waals surface area contributed by atoms with Crippen LogP contribution in [0.25, 0.3) is 0 Å². The lowest BCUT2D eigenvalue weighted by Gasteiger charge is -2.24. The largest absolute Gasteiger partial charge is 0.481 e. The number of carbonyl (C=O) groups is 3. The summed E-state index contributed by atoms with van der Waals surface area (Å²) in [6.45, 7) is 4.99. The number of nitrogens with one attached hydrogen (secondary N) is 1. The van der Waals surface area contributed by atoms with Crippen molar-refractivity contribution in [1.82, 2.24) is 15.1 Å². The van der Waals surface area contributed by atoms with E-state index in [0.717, 1.165) is 0 Å². The summed E-state index contributed by atoms with van der Waals surface area (Å²) < 4.78 is 0. The van der Waals surface area contributed by atoms with Crippen LogP contribution >= 0.6 is 0 Å². The van der Waals surface area contributed by atoms with Gasteiger partial charge in [-0.1, -0.05) is 12.2 Å². The number of urea groups is 1. The van der Waals surface area contributed by atoms with Gasteiger partial charge in [-0.3, -0.25) is 9.59 Å². The predicted octanol–water partition coefficient (Wildman–Crippen LogP) is 0.526. The van der Waals surface area contributed by atoms with Gasteiger partial charge in [0.25, 0.3) is 0 Å². The van der Waals surface area contributed by atoms with Crippen molar-refractivity contribution in [2.24, 2.45) is 5.92 Å². The minimum absolute atomic E-state index is 0.00626. The van der Waals surface area contributed by atoms with Gasteiger partial charge < -0.3 is 20.2 Å². The molecular weight excluding hydrogens is 274 g/mol. The molecule has 2 N–H and O–H groups in total. The Balaban J connectivity index is 2.44. The second-order valence-electron chi connectivity index (χ2n) is 5.04. The van der Waals surface area contributed by atoms with E-state index in [1.165, 1.54) is 4.90 Å². The molecule has 0 aromatic heterocycles. The van der Waals surface area contributed by atoms with Crippen LogP contribution in [0.2, 0.25) is 0 Å². The van der Waals surface area contributed by atoms with Crippen LogP contribution in [-0.2, 0) is 9.59 Å². The van der Waals surface area contributed by atoms with E-state index in [0.29, 0.717) is 19.5 Å². The minimum Gasteiger partial charge on any atom is -0.481 e. The van der Waals surface area contributed by atoms with Crippen LogP contribution in [0, 0.1) is 5.92 Å². The van der Waals surface area contributed by atoms with Crippen molar-refractivity contribution in [3.05, 3.63) is 12.2 Å². The van der Waals surface area contributed by atoms with E-state index in [1.807, 2.05) is 13.8 Å². The van der Waals surface area contributed by atoms with Crippen LogP contribution in [0.4, 0.5) is 4.79 Å². The highest BCUT2D eigenvalue weighted by Crippen LogP contribution is 2.18. The molecule has 0 bridgehead atoms. The second kappa shape index (κ2) is 7.66. The van der Waals surface area contributed by atoms with Gasteiger partial charge in [0.1, 0.15) is 6.54 Å². The maximum atomic E-state index is 12.0. The average molecular weight is 297 g/mol. The van der Waals surface area contributed by atoms with E-state index in [-0.39, 0.29) is 24.5 Å². The summed E-state index contributed by atoms with van der Waals surface area (Å²) in [7, 11) is 1.55. The maximum Gasteiger partial charge on any atom is 0.318 e. The normalized spacial score (nSPS) is 20.1. The molecule has 2 unspecified atom stereocenters. The zero-order chi connectivity index (χ0) is 16.0. The van der Waals surface area contributed by atoms with Crippen molar-refractivity contribution < 1.29 is 19.5 Å². The molecule has 0 heterocycles. The standard InChI is InChI=1S/C14H23N3O4/c1-4-17(5-2)12(18)9-16(3)14(21)15-11-7-6-10(8-11)13(19)20/h6-7,10-11H,4-5,8-9H2,1-3H3,(H,15,21)(H,19,20). The van der Waals surface area contributed by atoms with Gasteiger partial charge in [0.05, 0.1) is 12.0 Å². The number of amides is 3. The zero-order valence-corrected chi connectivity index (χ0v) is 12.7. The Morgan fingerprint density at radius 2 is 1.86 bits per heavy atom. The fourth-order valence-electron chi connectivity index (χ4n) is 2.21. The Kier molecular flexibility index (Phi) is 6.20. The van der Waals surface area contributed by atoms with Crippen molar-refractivity contribution in [1.29, 1.82) is 0 Å². The monoisotopic (exact) mass is 297 g/mol. The second-order valence-corrected chi connectivity index (χ2v) is 5.04. The number of carbonyl (C=O) groups excluding carboxylic acids is 2. The number of hydrogen-bond donors (Lipinski definition) is 2. The molecule has 2 atom stereocenters. The molecule has 0 saturated carbocycles. The fraction of sp³-hybridized carbons (Fsp3) is 0.643. The van der Waals surface area contributed by atoms with E-state index in [1.54, 1.807) is 24.1 Å². The Hall–Kier alpha value is -2.05. The Labute approximate surface area is 124 Å². The number of aliphatic carboxylic acids is 1. The van der Waals surface area contributed by atoms with Gasteiger partial charge in [0.2, 0.25) is 5.91 Å². The third-order valence-electron chi connectivity index (χ3n) is 3.54. The van der Waals surface area contributed by atoms with Crippen LogP contribution in [-0.4, -0.2) is 65.5 Å². The first-order valence-corrected chi connectivity index (χ1v) is 7.09. The molecule has 0 spiro atoms. The van der Waals surface area contributed by atoms with Crippen molar-refractivity contribution in [2.45, 2.75) is 26.3 Å². The fourth-order valence-corrected chi connectivity index (χ4v) is 2.21. The lowest BCUT2D eigenvalue weighted by Crippen LogP contribution is -2.47. The summed E-state index contributed by atoms with van der Waals surface area (Å²) in [5.41, 5.74) is 0. The lowest BCUT2D eigenvalue weighted by molar-refractivity contribution is -0.140. The van der Waals surface area contributed by atoms with Crippen LogP contribution in [0.5, 0.6) is 0 Å². The molecule has 1 rings (SSSR count). The minimum atomic E-state index is -0.895. The molecule has 118 valence electrons. The molecule has 1 aliphatic rings. The molecule has 7 nitrogen and oxygen atoms in total. The third-order valence-corrected chi connectivity index (χ3v) is 3.54. The summed E-state index contributed by atoms with van der Waals surface area (Å²) in [5, 5.41) is 11.6. The smallest absolute Gasteiger partial charge is 0.318 e. The number of likely N-dealkylation sites (N-methyl/N-ethyl adjacent to an activating group) is 2. The van der Waals surface area contributed by atoms with E-state index in [2.05, 4.69) is 5.32 Å². The average Bonchev–Trinajstić information content (AvgIpc) is 2.88. The Morgan fingerprint density at radius 3 is 2.33 bits per heavy atom. The highest BCUT2D eigenvalue weighted by Gasteiger charge is 2.26. The van der Waals surface area contributed by atoms with Gasteiger partial charge in [0.15, 0.2) is 0 Å². The number of nitrogens with zero attached hydrogens (tertiary/aromatic N) is 2. The number of carboxylic acid groups (broad SMARTS) is 1. The van der Waals surface area contributed by atoms with Crippen LogP contribution < -0.4 is 5.32 Å². The van der Waals surface area contributed by atoms with Gasteiger partial charge in [-0.05, 0) is 20.3 Å². The molecule has 0 saturated heterocycles. The topological polar surface area (TPSA) is 90.0 Å². The molecular formula is C14H23N3O4. The molecule has 0 radical (unpaired) electrons. The SMILES string of the molecule is CCN(CC)C(=O)CN(C)C(=O)NC1C=CC(C(=O)O)C1. The molecule has 0 aromatic rings. The van der Waals surface area contributed by atoms with Crippen LogP contribution in [0.1, 0.15) is 20.3 Å². The zero-order valence-electron chi connectivity index (χ0n) is 12.7. The van der Waals surface area contributed by atoms with E-state index in [9.17, 15) is 14.4 Å². The quantitative estimate of drug-likeness (QED) is 0.700. The molecule has 0 fully saturated rings. The Bertz CT molecular complexity index is 432. The first-order valence-electron chi connectivity index (χ1n) is 7.09. The van der Waals surface area contributed by atoms with Gasteiger partial charge in [-0.2, -0.15) is 0 Å². The number of rotatable bonds is 6. The van der Waals surface area contributed by atoms with Crippen molar-refractivity contribution >= 4 is 17.9 Å². The van der Waals surface area contributed by atoms with Crippen molar-refractivity contribution in [3.8, 4) is 0 Å². The van der Waals surface area contributed by atoms with Gasteiger partial charge in [-0.15, -0.1) is 0 Å². The molecule has 7 heteroatoms. The van der Waals surface area contributed by atoms with E-state index in [4.69, 9.17) is 5.11 Å². The highest BCUT2D eigenvalue weighted by atomic mass is 16.4. The highest BCUT2D eigenvalue weighted by molar-refractivity contribution is 5.84. The van der Waals surface area contributed by atoms with Gasteiger partial charge >= 0.3 is 12.0 Å². The number of hydrogen-bond acceptors (Lipinski definition) is 3. The lowest BCUT2D eigenvalue weighted by atomic mass is 10.1. The summed E-state index contributed by atoms with van der Waals surface area (Å²) in [4.78, 5) is 37.7. The first-order chi connectivity index (χ1) is 9.88. The van der Waals surface area contributed by atoms with Crippen LogP contribution in [0.3, 0.4) is 0 Å². The first kappa shape index (κ1) is 17.0. The molecule has 0 aliphatic heterocycles. The van der Waals surface area contributed by atoms with Crippen molar-refractivity contribution in [2.75, 3.05) is 26.7 Å².